The molecule has 168 valence electrons. The minimum Gasteiger partial charge on any atom is -0.481 e. The second kappa shape index (κ2) is 9.17. The van der Waals surface area contributed by atoms with Crippen molar-refractivity contribution >= 4 is 34.7 Å². The number of fused-ring (bicyclic) bond motifs is 1. The van der Waals surface area contributed by atoms with Gasteiger partial charge in [0.25, 0.3) is 0 Å². The molecule has 1 unspecified atom stereocenters. The van der Waals surface area contributed by atoms with Crippen molar-refractivity contribution in [2.75, 3.05) is 50.8 Å². The van der Waals surface area contributed by atoms with Gasteiger partial charge >= 0.3 is 5.97 Å². The van der Waals surface area contributed by atoms with E-state index in [1.807, 2.05) is 6.07 Å². The van der Waals surface area contributed by atoms with Gasteiger partial charge in [-0.2, -0.15) is 0 Å². The molecule has 3 aliphatic rings. The van der Waals surface area contributed by atoms with E-state index in [9.17, 15) is 9.90 Å². The number of morpholine rings is 1. The molecule has 2 saturated heterocycles. The number of hydrogen-bond donors (Lipinski definition) is 1. The van der Waals surface area contributed by atoms with Crippen LogP contribution in [0.15, 0.2) is 35.3 Å². The molecule has 1 aromatic heterocycles. The van der Waals surface area contributed by atoms with Gasteiger partial charge in [-0.15, -0.1) is 0 Å². The van der Waals surface area contributed by atoms with Gasteiger partial charge in [-0.1, -0.05) is 23.7 Å². The summed E-state index contributed by atoms with van der Waals surface area (Å²) in [6, 6.07) is 10.3. The van der Waals surface area contributed by atoms with E-state index in [1.165, 1.54) is 5.69 Å². The highest BCUT2D eigenvalue weighted by Crippen LogP contribution is 2.35. The van der Waals surface area contributed by atoms with Crippen LogP contribution in [0.1, 0.15) is 18.5 Å². The SMILES string of the molecule is O=C(O)C1CCCN(CC2=Nc3cc(Cl)c(-c4ccc(N5CCOCC5)cc4)nc3C2)C1. The molecule has 0 radical (unpaired) electrons. The predicted molar refractivity (Wildman–Crippen MR) is 125 cm³/mol. The van der Waals surface area contributed by atoms with Crippen molar-refractivity contribution in [3.63, 3.8) is 0 Å². The number of aliphatic carboxylic acids is 1. The van der Waals surface area contributed by atoms with Crippen molar-refractivity contribution in [2.24, 2.45) is 10.9 Å². The number of pyridine rings is 1. The highest BCUT2D eigenvalue weighted by Gasteiger charge is 2.27. The first-order valence-electron chi connectivity index (χ1n) is 11.2. The van der Waals surface area contributed by atoms with Crippen molar-refractivity contribution in [2.45, 2.75) is 19.3 Å². The molecule has 1 atom stereocenters. The number of carboxylic acids is 1. The lowest BCUT2D eigenvalue weighted by Crippen LogP contribution is -2.41. The third-order valence-corrected chi connectivity index (χ3v) is 6.75. The average Bonchev–Trinajstić information content (AvgIpc) is 3.20. The number of likely N-dealkylation sites (tertiary alicyclic amines) is 1. The lowest BCUT2D eigenvalue weighted by atomic mass is 9.98. The summed E-state index contributed by atoms with van der Waals surface area (Å²) in [7, 11) is 0. The Morgan fingerprint density at radius 1 is 1.19 bits per heavy atom. The highest BCUT2D eigenvalue weighted by molar-refractivity contribution is 6.33. The number of halogens is 1. The van der Waals surface area contributed by atoms with Gasteiger partial charge in [-0.3, -0.25) is 14.7 Å². The Labute approximate surface area is 192 Å². The van der Waals surface area contributed by atoms with Crippen LogP contribution in [0.5, 0.6) is 0 Å². The monoisotopic (exact) mass is 454 g/mol. The Morgan fingerprint density at radius 2 is 1.97 bits per heavy atom. The Kier molecular flexibility index (Phi) is 6.13. The number of carboxylic acid groups (broad SMARTS) is 1. The summed E-state index contributed by atoms with van der Waals surface area (Å²) in [4.78, 5) is 25.5. The van der Waals surface area contributed by atoms with Gasteiger partial charge in [-0.25, -0.2) is 4.98 Å². The Bertz CT molecular complexity index is 1030. The van der Waals surface area contributed by atoms with Crippen molar-refractivity contribution in [1.29, 1.82) is 0 Å². The van der Waals surface area contributed by atoms with Crippen molar-refractivity contribution in [1.82, 2.24) is 9.88 Å². The molecule has 7 nitrogen and oxygen atoms in total. The van der Waals surface area contributed by atoms with E-state index in [0.29, 0.717) is 24.5 Å². The molecule has 1 aromatic carbocycles. The van der Waals surface area contributed by atoms with E-state index in [1.54, 1.807) is 0 Å². The van der Waals surface area contributed by atoms with Crippen LogP contribution >= 0.6 is 11.6 Å². The number of nitrogens with zero attached hydrogens (tertiary/aromatic N) is 4. The summed E-state index contributed by atoms with van der Waals surface area (Å²) in [6.07, 6.45) is 2.34. The maximum Gasteiger partial charge on any atom is 0.307 e. The fourth-order valence-corrected chi connectivity index (χ4v) is 5.01. The average molecular weight is 455 g/mol. The second-order valence-electron chi connectivity index (χ2n) is 8.70. The predicted octanol–water partition coefficient (Wildman–Crippen LogP) is 3.66. The van der Waals surface area contributed by atoms with Gasteiger partial charge in [0.2, 0.25) is 0 Å². The van der Waals surface area contributed by atoms with E-state index in [0.717, 1.165) is 74.0 Å². The van der Waals surface area contributed by atoms with Gasteiger partial charge in [0, 0.05) is 49.6 Å². The Morgan fingerprint density at radius 3 is 2.72 bits per heavy atom. The summed E-state index contributed by atoms with van der Waals surface area (Å²) in [5.41, 5.74) is 5.73. The third kappa shape index (κ3) is 4.51. The molecule has 5 rings (SSSR count). The van der Waals surface area contributed by atoms with Crippen LogP contribution in [0.2, 0.25) is 5.02 Å². The molecule has 0 amide bonds. The molecular formula is C24H27ClN4O3. The highest BCUT2D eigenvalue weighted by atomic mass is 35.5. The molecule has 8 heteroatoms. The van der Waals surface area contributed by atoms with Crippen LogP contribution in [0.25, 0.3) is 11.3 Å². The second-order valence-corrected chi connectivity index (χ2v) is 9.11. The maximum absolute atomic E-state index is 11.3. The molecule has 0 saturated carbocycles. The number of hydrogen-bond acceptors (Lipinski definition) is 6. The molecule has 0 aliphatic carbocycles. The van der Waals surface area contributed by atoms with Crippen LogP contribution in [0.4, 0.5) is 11.4 Å². The first kappa shape index (κ1) is 21.4. The molecule has 0 spiro atoms. The summed E-state index contributed by atoms with van der Waals surface area (Å²) in [5.74, 6) is -0.989. The summed E-state index contributed by atoms with van der Waals surface area (Å²) in [6.45, 7) is 5.51. The molecule has 4 heterocycles. The molecular weight excluding hydrogens is 428 g/mol. The molecule has 3 aliphatic heterocycles. The fourth-order valence-electron chi connectivity index (χ4n) is 4.75. The Hall–Kier alpha value is -2.48. The van der Waals surface area contributed by atoms with E-state index < -0.39 is 5.97 Å². The van der Waals surface area contributed by atoms with Crippen LogP contribution in [-0.4, -0.2) is 72.6 Å². The van der Waals surface area contributed by atoms with Gasteiger partial charge in [0.1, 0.15) is 0 Å². The number of aromatic nitrogens is 1. The molecule has 1 N–H and O–H groups in total. The minimum atomic E-state index is -0.705. The fraction of sp³-hybridized carbons (Fsp3) is 0.458. The molecule has 0 bridgehead atoms. The summed E-state index contributed by atoms with van der Waals surface area (Å²) < 4.78 is 5.44. The molecule has 2 aromatic rings. The van der Waals surface area contributed by atoms with E-state index in [-0.39, 0.29) is 5.92 Å². The zero-order valence-electron chi connectivity index (χ0n) is 18.0. The number of piperidine rings is 1. The van der Waals surface area contributed by atoms with E-state index >= 15 is 0 Å². The van der Waals surface area contributed by atoms with Gasteiger partial charge in [0.05, 0.1) is 41.2 Å². The lowest BCUT2D eigenvalue weighted by molar-refractivity contribution is -0.143. The maximum atomic E-state index is 11.3. The first-order chi connectivity index (χ1) is 15.6. The molecule has 2 fully saturated rings. The number of rotatable bonds is 5. The zero-order chi connectivity index (χ0) is 22.1. The number of benzene rings is 1. The minimum absolute atomic E-state index is 0.285. The van der Waals surface area contributed by atoms with Gasteiger partial charge in [-0.05, 0) is 37.6 Å². The van der Waals surface area contributed by atoms with Crippen LogP contribution in [0.3, 0.4) is 0 Å². The largest absolute Gasteiger partial charge is 0.481 e. The van der Waals surface area contributed by atoms with E-state index in [4.69, 9.17) is 26.3 Å². The summed E-state index contributed by atoms with van der Waals surface area (Å²) in [5, 5.41) is 9.92. The van der Waals surface area contributed by atoms with Gasteiger partial charge < -0.3 is 14.7 Å². The zero-order valence-corrected chi connectivity index (χ0v) is 18.7. The topological polar surface area (TPSA) is 78.3 Å². The van der Waals surface area contributed by atoms with Crippen LogP contribution in [0, 0.1) is 5.92 Å². The first-order valence-corrected chi connectivity index (χ1v) is 11.6. The Balaban J connectivity index is 1.28. The number of aliphatic imine (C=N–C) groups is 1. The summed E-state index contributed by atoms with van der Waals surface area (Å²) >= 11 is 6.59. The standard InChI is InChI=1S/C24H27ClN4O3/c25-20-13-22-21(12-18(26-22)15-28-7-1-2-17(14-28)24(30)31)27-23(20)16-3-5-19(6-4-16)29-8-10-32-11-9-29/h3-6,13,17H,1-2,7-12,14-15H2,(H,30,31). The lowest BCUT2D eigenvalue weighted by Gasteiger charge is -2.30. The number of anilines is 1. The van der Waals surface area contributed by atoms with Crippen LogP contribution < -0.4 is 4.90 Å². The van der Waals surface area contributed by atoms with Crippen LogP contribution in [-0.2, 0) is 16.0 Å². The van der Waals surface area contributed by atoms with Gasteiger partial charge in [0.15, 0.2) is 0 Å². The smallest absolute Gasteiger partial charge is 0.307 e. The number of ether oxygens (including phenoxy) is 1. The normalized spacial score (nSPS) is 21.3. The molecule has 32 heavy (non-hydrogen) atoms. The quantitative estimate of drug-likeness (QED) is 0.742. The van der Waals surface area contributed by atoms with Crippen molar-refractivity contribution < 1.29 is 14.6 Å². The van der Waals surface area contributed by atoms with Crippen molar-refractivity contribution in [3.05, 3.63) is 41.0 Å². The van der Waals surface area contributed by atoms with E-state index in [2.05, 4.69) is 34.1 Å². The van der Waals surface area contributed by atoms with Crippen molar-refractivity contribution in [3.8, 4) is 11.3 Å². The number of carbonyl (C=O) groups is 1. The third-order valence-electron chi connectivity index (χ3n) is 6.46.